The highest BCUT2D eigenvalue weighted by atomic mass is 32.2. The second kappa shape index (κ2) is 8.92. The molecule has 0 radical (unpaired) electrons. The fourth-order valence-electron chi connectivity index (χ4n) is 3.25. The third kappa shape index (κ3) is 4.84. The van der Waals surface area contributed by atoms with Crippen molar-refractivity contribution in [2.24, 2.45) is 0 Å². The number of fused-ring (bicyclic) bond motifs is 1. The third-order valence-electron chi connectivity index (χ3n) is 4.64. The lowest BCUT2D eigenvalue weighted by molar-refractivity contribution is -0.119. The summed E-state index contributed by atoms with van der Waals surface area (Å²) in [6.45, 7) is 2.00. The Balaban J connectivity index is 1.33. The molecule has 5 nitrogen and oxygen atoms in total. The van der Waals surface area contributed by atoms with Gasteiger partial charge < -0.3 is 9.73 Å². The molecule has 0 bridgehead atoms. The number of carbonyl (C=O) groups excluding carboxylic acids is 1. The first-order chi connectivity index (χ1) is 14.2. The van der Waals surface area contributed by atoms with Crippen molar-refractivity contribution in [3.05, 3.63) is 89.8 Å². The molecule has 1 amide bonds. The maximum absolute atomic E-state index is 12.4. The van der Waals surface area contributed by atoms with Crippen LogP contribution in [0.5, 0.6) is 0 Å². The Bertz CT molecular complexity index is 1110. The molecule has 0 aliphatic heterocycles. The van der Waals surface area contributed by atoms with Crippen molar-refractivity contribution in [1.29, 1.82) is 0 Å². The summed E-state index contributed by atoms with van der Waals surface area (Å²) in [5, 5.41) is 13.9. The Kier molecular flexibility index (Phi) is 5.91. The van der Waals surface area contributed by atoms with Crippen molar-refractivity contribution < 1.29 is 9.21 Å². The van der Waals surface area contributed by atoms with Gasteiger partial charge in [-0.1, -0.05) is 84.6 Å². The smallest absolute Gasteiger partial charge is 0.277 e. The number of amides is 1. The second-order valence-corrected chi connectivity index (χ2v) is 7.70. The normalized spacial score (nSPS) is 12.0. The number of thioether (sulfide) groups is 1. The van der Waals surface area contributed by atoms with Crippen LogP contribution in [-0.4, -0.2) is 21.9 Å². The average Bonchev–Trinajstić information content (AvgIpc) is 3.20. The maximum atomic E-state index is 12.4. The number of hydrogen-bond donors (Lipinski definition) is 1. The molecule has 0 saturated carbocycles. The van der Waals surface area contributed by atoms with Gasteiger partial charge in [-0.15, -0.1) is 10.2 Å². The van der Waals surface area contributed by atoms with Gasteiger partial charge in [0.15, 0.2) is 0 Å². The molecular formula is C23H21N3O2S. The fraction of sp³-hybridized carbons (Fsp3) is 0.174. The number of rotatable bonds is 7. The van der Waals surface area contributed by atoms with Gasteiger partial charge in [0.1, 0.15) is 0 Å². The zero-order chi connectivity index (χ0) is 20.1. The molecule has 3 aromatic carbocycles. The van der Waals surface area contributed by atoms with E-state index in [9.17, 15) is 4.79 Å². The molecule has 0 saturated heterocycles. The monoisotopic (exact) mass is 403 g/mol. The SMILES string of the molecule is C[C@@H](NC(=O)CSc1nnc(Cc2ccccc2)o1)c1cccc2ccccc12. The van der Waals surface area contributed by atoms with Crippen LogP contribution < -0.4 is 5.32 Å². The predicted octanol–water partition coefficient (Wildman–Crippen LogP) is 4.78. The zero-order valence-corrected chi connectivity index (χ0v) is 16.9. The highest BCUT2D eigenvalue weighted by Gasteiger charge is 2.14. The summed E-state index contributed by atoms with van der Waals surface area (Å²) in [6.07, 6.45) is 0.582. The number of nitrogens with zero attached hydrogens (tertiary/aromatic N) is 2. The minimum absolute atomic E-state index is 0.0711. The van der Waals surface area contributed by atoms with Crippen LogP contribution in [-0.2, 0) is 11.2 Å². The van der Waals surface area contributed by atoms with E-state index in [4.69, 9.17) is 4.42 Å². The van der Waals surface area contributed by atoms with Crippen molar-refractivity contribution >= 4 is 28.4 Å². The molecule has 1 N–H and O–H groups in total. The average molecular weight is 404 g/mol. The molecule has 146 valence electrons. The highest BCUT2D eigenvalue weighted by molar-refractivity contribution is 7.99. The van der Waals surface area contributed by atoms with Gasteiger partial charge in [0, 0.05) is 0 Å². The van der Waals surface area contributed by atoms with Crippen molar-refractivity contribution in [3.63, 3.8) is 0 Å². The van der Waals surface area contributed by atoms with Crippen LogP contribution in [0.2, 0.25) is 0 Å². The van der Waals surface area contributed by atoms with E-state index in [0.29, 0.717) is 17.5 Å². The van der Waals surface area contributed by atoms with Crippen LogP contribution in [0.25, 0.3) is 10.8 Å². The van der Waals surface area contributed by atoms with Gasteiger partial charge in [0.25, 0.3) is 5.22 Å². The minimum atomic E-state index is -0.0921. The quantitative estimate of drug-likeness (QED) is 0.450. The van der Waals surface area contributed by atoms with E-state index in [1.54, 1.807) is 0 Å². The Morgan fingerprint density at radius 1 is 1.00 bits per heavy atom. The molecule has 1 atom stereocenters. The van der Waals surface area contributed by atoms with Crippen LogP contribution >= 0.6 is 11.8 Å². The number of nitrogens with one attached hydrogen (secondary N) is 1. The summed E-state index contributed by atoms with van der Waals surface area (Å²) in [5.41, 5.74) is 2.21. The zero-order valence-electron chi connectivity index (χ0n) is 16.0. The first-order valence-electron chi connectivity index (χ1n) is 9.45. The number of hydrogen-bond acceptors (Lipinski definition) is 5. The van der Waals surface area contributed by atoms with Crippen molar-refractivity contribution in [2.75, 3.05) is 5.75 Å². The van der Waals surface area contributed by atoms with Crippen LogP contribution in [0.3, 0.4) is 0 Å². The molecule has 0 fully saturated rings. The molecule has 0 spiro atoms. The second-order valence-electron chi connectivity index (χ2n) is 6.77. The third-order valence-corrected chi connectivity index (χ3v) is 5.46. The van der Waals surface area contributed by atoms with Crippen LogP contribution in [0, 0.1) is 0 Å². The standard InChI is InChI=1S/C23H21N3O2S/c1-16(19-13-7-11-18-10-5-6-12-20(18)19)24-21(27)15-29-23-26-25-22(28-23)14-17-8-3-2-4-9-17/h2-13,16H,14-15H2,1H3,(H,24,27)/t16-/m1/s1. The summed E-state index contributed by atoms with van der Waals surface area (Å²) >= 11 is 1.25. The van der Waals surface area contributed by atoms with E-state index >= 15 is 0 Å². The van der Waals surface area contributed by atoms with Gasteiger partial charge in [0.2, 0.25) is 11.8 Å². The number of benzene rings is 3. The number of carbonyl (C=O) groups is 1. The molecular weight excluding hydrogens is 382 g/mol. The molecule has 0 unspecified atom stereocenters. The lowest BCUT2D eigenvalue weighted by atomic mass is 10.00. The van der Waals surface area contributed by atoms with E-state index < -0.39 is 0 Å². The number of aromatic nitrogens is 2. The van der Waals surface area contributed by atoms with Crippen LogP contribution in [0.15, 0.2) is 82.4 Å². The first-order valence-corrected chi connectivity index (χ1v) is 10.4. The molecule has 29 heavy (non-hydrogen) atoms. The largest absolute Gasteiger partial charge is 0.416 e. The van der Waals surface area contributed by atoms with E-state index in [-0.39, 0.29) is 17.7 Å². The Morgan fingerprint density at radius 3 is 2.62 bits per heavy atom. The van der Waals surface area contributed by atoms with Crippen LogP contribution in [0.4, 0.5) is 0 Å². The van der Waals surface area contributed by atoms with Gasteiger partial charge in [-0.3, -0.25) is 4.79 Å². The maximum Gasteiger partial charge on any atom is 0.277 e. The molecule has 4 rings (SSSR count). The topological polar surface area (TPSA) is 68.0 Å². The summed E-state index contributed by atoms with van der Waals surface area (Å²) < 4.78 is 5.65. The van der Waals surface area contributed by atoms with E-state index in [1.165, 1.54) is 11.8 Å². The molecule has 6 heteroatoms. The van der Waals surface area contributed by atoms with Gasteiger partial charge in [-0.05, 0) is 28.8 Å². The van der Waals surface area contributed by atoms with Gasteiger partial charge in [0.05, 0.1) is 18.2 Å². The molecule has 4 aromatic rings. The Morgan fingerprint density at radius 2 is 1.76 bits per heavy atom. The highest BCUT2D eigenvalue weighted by Crippen LogP contribution is 2.24. The lowest BCUT2D eigenvalue weighted by Gasteiger charge is -2.16. The summed E-state index contributed by atoms with van der Waals surface area (Å²) in [5.74, 6) is 0.698. The van der Waals surface area contributed by atoms with Gasteiger partial charge in [-0.2, -0.15) is 0 Å². The van der Waals surface area contributed by atoms with Crippen molar-refractivity contribution in [3.8, 4) is 0 Å². The molecule has 0 aliphatic carbocycles. The van der Waals surface area contributed by atoms with Gasteiger partial charge >= 0.3 is 0 Å². The van der Waals surface area contributed by atoms with E-state index in [1.807, 2.05) is 61.5 Å². The summed E-state index contributed by atoms with van der Waals surface area (Å²) in [4.78, 5) is 12.4. The molecule has 0 aliphatic rings. The van der Waals surface area contributed by atoms with Crippen molar-refractivity contribution in [1.82, 2.24) is 15.5 Å². The van der Waals surface area contributed by atoms with Crippen LogP contribution in [0.1, 0.15) is 30.0 Å². The first kappa shape index (κ1) is 19.2. The Hall–Kier alpha value is -3.12. The summed E-state index contributed by atoms with van der Waals surface area (Å²) in [6, 6.07) is 24.2. The predicted molar refractivity (Wildman–Crippen MR) is 115 cm³/mol. The lowest BCUT2D eigenvalue weighted by Crippen LogP contribution is -2.28. The van der Waals surface area contributed by atoms with E-state index in [2.05, 4.69) is 33.7 Å². The minimum Gasteiger partial charge on any atom is -0.416 e. The molecule has 1 aromatic heterocycles. The summed E-state index contributed by atoms with van der Waals surface area (Å²) in [7, 11) is 0. The fourth-order valence-corrected chi connectivity index (χ4v) is 3.85. The van der Waals surface area contributed by atoms with Gasteiger partial charge in [-0.25, -0.2) is 0 Å². The van der Waals surface area contributed by atoms with E-state index in [0.717, 1.165) is 21.9 Å². The van der Waals surface area contributed by atoms with Crippen molar-refractivity contribution in [2.45, 2.75) is 24.6 Å². The molecule has 1 heterocycles. The Labute approximate surface area is 173 Å².